The molecule has 1 N–H and O–H groups in total. The highest BCUT2D eigenvalue weighted by Crippen LogP contribution is 2.30. The number of thiazole rings is 1. The maximum Gasteiger partial charge on any atom is 0.269 e. The van der Waals surface area contributed by atoms with Crippen molar-refractivity contribution < 1.29 is 9.18 Å². The molecule has 7 heteroatoms. The predicted molar refractivity (Wildman–Crippen MR) is 132 cm³/mol. The Morgan fingerprint density at radius 2 is 1.82 bits per heavy atom. The lowest BCUT2D eigenvalue weighted by molar-refractivity contribution is -0.110. The van der Waals surface area contributed by atoms with E-state index in [2.05, 4.69) is 31.0 Å². The number of benzene rings is 2. The summed E-state index contributed by atoms with van der Waals surface area (Å²) < 4.78 is 16.9. The summed E-state index contributed by atoms with van der Waals surface area (Å²) in [6, 6.07) is 14.0. The molecule has 0 radical (unpaired) electrons. The third-order valence-corrected chi connectivity index (χ3v) is 7.27. The van der Waals surface area contributed by atoms with Crippen molar-refractivity contribution in [1.29, 1.82) is 0 Å². The molecular weight excluding hydrogens is 437 g/mol. The van der Waals surface area contributed by atoms with Gasteiger partial charge in [-0.25, -0.2) is 4.39 Å². The Labute approximate surface area is 196 Å². The van der Waals surface area contributed by atoms with Crippen molar-refractivity contribution in [3.05, 3.63) is 85.0 Å². The molecule has 4 rings (SSSR count). The van der Waals surface area contributed by atoms with Crippen LogP contribution in [-0.4, -0.2) is 34.5 Å². The van der Waals surface area contributed by atoms with Crippen LogP contribution in [0.25, 0.3) is 11.6 Å². The zero-order valence-electron chi connectivity index (χ0n) is 19.1. The molecule has 0 spiro atoms. The number of hydrogen-bond acceptors (Lipinski definition) is 4. The topological polar surface area (TPSA) is 54.3 Å². The minimum absolute atomic E-state index is 0.130. The lowest BCUT2D eigenvalue weighted by Gasteiger charge is -2.29. The zero-order chi connectivity index (χ0) is 23.5. The number of hydrogen-bond donors (Lipinski definition) is 1. The van der Waals surface area contributed by atoms with Crippen LogP contribution < -0.4 is 20.1 Å². The Morgan fingerprint density at radius 3 is 2.48 bits per heavy atom. The fraction of sp³-hybridized carbons (Fsp3) is 0.308. The van der Waals surface area contributed by atoms with Gasteiger partial charge in [0.05, 0.1) is 10.1 Å². The molecule has 0 fully saturated rings. The Bertz CT molecular complexity index is 1340. The van der Waals surface area contributed by atoms with E-state index < -0.39 is 5.82 Å². The summed E-state index contributed by atoms with van der Waals surface area (Å²) in [5, 5.41) is 2.82. The number of likely N-dealkylation sites (N-methyl/N-ethyl adjacent to an activating group) is 1. The first kappa shape index (κ1) is 23.1. The van der Waals surface area contributed by atoms with Gasteiger partial charge in [-0.1, -0.05) is 51.1 Å². The van der Waals surface area contributed by atoms with Gasteiger partial charge in [0, 0.05) is 23.8 Å². The summed E-state index contributed by atoms with van der Waals surface area (Å²) in [6.07, 6.45) is 2.72. The minimum Gasteiger partial charge on any atom is -0.321 e. The predicted octanol–water partition coefficient (Wildman–Crippen LogP) is 3.15. The first-order chi connectivity index (χ1) is 16.0. The fourth-order valence-electron chi connectivity index (χ4n) is 4.38. The van der Waals surface area contributed by atoms with Gasteiger partial charge >= 0.3 is 0 Å². The van der Waals surface area contributed by atoms with E-state index in [0.717, 1.165) is 25.1 Å². The highest BCUT2D eigenvalue weighted by Gasteiger charge is 2.28. The number of anilines is 1. The molecule has 0 bridgehead atoms. The quantitative estimate of drug-likeness (QED) is 0.583. The van der Waals surface area contributed by atoms with Crippen molar-refractivity contribution in [3.63, 3.8) is 0 Å². The van der Waals surface area contributed by atoms with Gasteiger partial charge in [0.25, 0.3) is 11.5 Å². The van der Waals surface area contributed by atoms with Gasteiger partial charge in [-0.3, -0.25) is 19.1 Å². The molecule has 1 aliphatic rings. The van der Waals surface area contributed by atoms with Gasteiger partial charge in [0.1, 0.15) is 10.5 Å². The molecule has 0 saturated heterocycles. The van der Waals surface area contributed by atoms with Crippen LogP contribution >= 0.6 is 11.3 Å². The second-order valence-electron chi connectivity index (χ2n) is 8.04. The number of amides is 1. The minimum atomic E-state index is -0.418. The van der Waals surface area contributed by atoms with Crippen LogP contribution in [0.4, 0.5) is 10.1 Å². The molecule has 1 amide bonds. The van der Waals surface area contributed by atoms with Crippen LogP contribution in [0.1, 0.15) is 38.3 Å². The molecule has 0 saturated carbocycles. The van der Waals surface area contributed by atoms with Crippen molar-refractivity contribution >= 4 is 34.6 Å². The summed E-state index contributed by atoms with van der Waals surface area (Å²) in [5.74, 6) is -0.730. The van der Waals surface area contributed by atoms with Crippen molar-refractivity contribution in [1.82, 2.24) is 9.47 Å². The highest BCUT2D eigenvalue weighted by molar-refractivity contribution is 7.07. The molecule has 3 aromatic rings. The Morgan fingerprint density at radius 1 is 1.09 bits per heavy atom. The molecule has 0 aliphatic carbocycles. The number of rotatable bonds is 7. The van der Waals surface area contributed by atoms with Gasteiger partial charge in [-0.15, -0.1) is 11.3 Å². The number of aromatic nitrogens is 1. The Kier molecular flexibility index (Phi) is 6.91. The van der Waals surface area contributed by atoms with Crippen molar-refractivity contribution in [2.45, 2.75) is 39.8 Å². The molecule has 33 heavy (non-hydrogen) atoms. The van der Waals surface area contributed by atoms with Gasteiger partial charge in [0.2, 0.25) is 0 Å². The van der Waals surface area contributed by atoms with E-state index in [0.29, 0.717) is 32.6 Å². The summed E-state index contributed by atoms with van der Waals surface area (Å²) in [6.45, 7) is 8.53. The second kappa shape index (κ2) is 9.85. The van der Waals surface area contributed by atoms with E-state index in [-0.39, 0.29) is 17.5 Å². The average molecular weight is 466 g/mol. The molecule has 2 aromatic carbocycles. The molecule has 1 unspecified atom stereocenters. The largest absolute Gasteiger partial charge is 0.321 e. The van der Waals surface area contributed by atoms with E-state index >= 15 is 0 Å². The third-order valence-electron chi connectivity index (χ3n) is 6.14. The van der Waals surface area contributed by atoms with Crippen molar-refractivity contribution in [2.75, 3.05) is 18.4 Å². The van der Waals surface area contributed by atoms with Gasteiger partial charge in [0.15, 0.2) is 0 Å². The second-order valence-corrected chi connectivity index (χ2v) is 9.08. The standard InChI is InChI=1S/C26H28FN3O2S/c1-4-19(29(5-2)6-3)16-30-25(32)22(14-17-10-8-7-9-11-17)33-26(30)23-20-15-18(27)12-13-21(20)28-24(23)31/h7-15,19H,4-6,16H2,1-3H3,(H,28,31)/b22-14+,26-23+. The fourth-order valence-corrected chi connectivity index (χ4v) is 5.55. The first-order valence-electron chi connectivity index (χ1n) is 11.3. The van der Waals surface area contributed by atoms with Crippen molar-refractivity contribution in [3.8, 4) is 0 Å². The summed E-state index contributed by atoms with van der Waals surface area (Å²) in [7, 11) is 0. The number of halogens is 1. The van der Waals surface area contributed by atoms with Gasteiger partial charge in [-0.2, -0.15) is 0 Å². The highest BCUT2D eigenvalue weighted by atomic mass is 32.1. The van der Waals surface area contributed by atoms with Crippen LogP contribution in [-0.2, 0) is 11.3 Å². The maximum atomic E-state index is 14.1. The SMILES string of the molecule is CCC(Cn1c(=O)/c(=C\c2ccccc2)s/c1=C1/C(=O)Nc2ccc(F)cc21)N(CC)CC. The molecule has 5 nitrogen and oxygen atoms in total. The Hall–Kier alpha value is -3.03. The van der Waals surface area contributed by atoms with Crippen LogP contribution in [0.5, 0.6) is 0 Å². The summed E-state index contributed by atoms with van der Waals surface area (Å²) in [5.41, 5.74) is 2.20. The summed E-state index contributed by atoms with van der Waals surface area (Å²) in [4.78, 5) is 28.9. The smallest absolute Gasteiger partial charge is 0.269 e. The number of carbonyl (C=O) groups is 1. The molecule has 1 aromatic heterocycles. The summed E-state index contributed by atoms with van der Waals surface area (Å²) >= 11 is 1.29. The van der Waals surface area contributed by atoms with E-state index in [1.807, 2.05) is 36.4 Å². The van der Waals surface area contributed by atoms with E-state index in [1.165, 1.54) is 23.5 Å². The number of carbonyl (C=O) groups excluding carboxylic acids is 1. The number of fused-ring (bicyclic) bond motifs is 1. The van der Waals surface area contributed by atoms with Crippen LogP contribution in [0, 0.1) is 5.82 Å². The monoisotopic (exact) mass is 465 g/mol. The van der Waals surface area contributed by atoms with Crippen molar-refractivity contribution in [2.24, 2.45) is 0 Å². The van der Waals surface area contributed by atoms with Crippen LogP contribution in [0.2, 0.25) is 0 Å². The van der Waals surface area contributed by atoms with Gasteiger partial charge < -0.3 is 5.32 Å². The van der Waals surface area contributed by atoms with Crippen LogP contribution in [0.3, 0.4) is 0 Å². The van der Waals surface area contributed by atoms with Crippen LogP contribution in [0.15, 0.2) is 53.3 Å². The molecule has 172 valence electrons. The molecule has 1 atom stereocenters. The van der Waals surface area contributed by atoms with E-state index in [4.69, 9.17) is 0 Å². The van der Waals surface area contributed by atoms with E-state index in [9.17, 15) is 14.0 Å². The number of nitrogens with one attached hydrogen (secondary N) is 1. The lowest BCUT2D eigenvalue weighted by Crippen LogP contribution is -2.43. The molecule has 1 aliphatic heterocycles. The maximum absolute atomic E-state index is 14.1. The molecular formula is C26H28FN3O2S. The number of nitrogens with zero attached hydrogens (tertiary/aromatic N) is 2. The Balaban J connectivity index is 1.99. The van der Waals surface area contributed by atoms with E-state index in [1.54, 1.807) is 10.6 Å². The third kappa shape index (κ3) is 4.56. The first-order valence-corrected chi connectivity index (χ1v) is 12.1. The van der Waals surface area contributed by atoms with Gasteiger partial charge in [-0.05, 0) is 49.3 Å². The molecule has 2 heterocycles. The normalized spacial score (nSPS) is 16.3. The zero-order valence-corrected chi connectivity index (χ0v) is 19.9. The average Bonchev–Trinajstić information content (AvgIpc) is 3.29. The lowest BCUT2D eigenvalue weighted by atomic mass is 10.1.